The molecule has 4 heteroatoms. The van der Waals surface area contributed by atoms with Gasteiger partial charge in [-0.15, -0.1) is 11.3 Å². The normalized spacial score (nSPS) is 11.1. The Hall–Kier alpha value is -1.42. The second-order valence-corrected chi connectivity index (χ2v) is 4.72. The molecule has 0 bridgehead atoms. The fourth-order valence-electron chi connectivity index (χ4n) is 1.57. The van der Waals surface area contributed by atoms with Crippen LogP contribution < -0.4 is 0 Å². The second-order valence-electron chi connectivity index (χ2n) is 3.69. The van der Waals surface area contributed by atoms with E-state index >= 15 is 0 Å². The molecule has 78 valence electrons. The standard InChI is InChI=1S/C11H11NO2S/c1-6(2)7-3-4-12-10-8(7)5-9(15-10)11(13)14/h3-6H,1-2H3,(H,13,14). The van der Waals surface area contributed by atoms with Crippen molar-refractivity contribution in [2.24, 2.45) is 0 Å². The van der Waals surface area contributed by atoms with Gasteiger partial charge in [0, 0.05) is 11.6 Å². The van der Waals surface area contributed by atoms with E-state index in [9.17, 15) is 4.79 Å². The van der Waals surface area contributed by atoms with Crippen LogP contribution >= 0.6 is 11.3 Å². The van der Waals surface area contributed by atoms with Gasteiger partial charge >= 0.3 is 5.97 Å². The summed E-state index contributed by atoms with van der Waals surface area (Å²) in [6.45, 7) is 4.18. The number of carboxylic acids is 1. The Balaban J connectivity index is 2.69. The first kappa shape index (κ1) is 10.1. The molecule has 2 rings (SSSR count). The van der Waals surface area contributed by atoms with Gasteiger partial charge in [0.25, 0.3) is 0 Å². The molecule has 1 N–H and O–H groups in total. The minimum absolute atomic E-state index is 0.352. The van der Waals surface area contributed by atoms with Crippen molar-refractivity contribution in [3.8, 4) is 0 Å². The number of hydrogen-bond acceptors (Lipinski definition) is 3. The number of carboxylic acid groups (broad SMARTS) is 1. The van der Waals surface area contributed by atoms with E-state index in [0.717, 1.165) is 15.8 Å². The molecular weight excluding hydrogens is 210 g/mol. The van der Waals surface area contributed by atoms with Crippen LogP contribution in [-0.2, 0) is 0 Å². The van der Waals surface area contributed by atoms with Crippen molar-refractivity contribution < 1.29 is 9.90 Å². The van der Waals surface area contributed by atoms with Crippen molar-refractivity contribution in [3.63, 3.8) is 0 Å². The Bertz CT molecular complexity index is 516. The topological polar surface area (TPSA) is 50.2 Å². The SMILES string of the molecule is CC(C)c1ccnc2sc(C(=O)O)cc12. The number of rotatable bonds is 2. The summed E-state index contributed by atoms with van der Waals surface area (Å²) in [7, 11) is 0. The van der Waals surface area contributed by atoms with E-state index < -0.39 is 5.97 Å². The van der Waals surface area contributed by atoms with Crippen molar-refractivity contribution in [3.05, 3.63) is 28.8 Å². The van der Waals surface area contributed by atoms with Gasteiger partial charge in [0.15, 0.2) is 0 Å². The van der Waals surface area contributed by atoms with Crippen molar-refractivity contribution in [1.82, 2.24) is 4.98 Å². The first-order valence-electron chi connectivity index (χ1n) is 4.71. The predicted molar refractivity (Wildman–Crippen MR) is 60.7 cm³/mol. The number of aromatic carboxylic acids is 1. The number of hydrogen-bond donors (Lipinski definition) is 1. The highest BCUT2D eigenvalue weighted by Gasteiger charge is 2.13. The van der Waals surface area contributed by atoms with E-state index in [1.54, 1.807) is 12.3 Å². The summed E-state index contributed by atoms with van der Waals surface area (Å²) in [5, 5.41) is 9.87. The van der Waals surface area contributed by atoms with Crippen LogP contribution in [-0.4, -0.2) is 16.1 Å². The van der Waals surface area contributed by atoms with E-state index in [1.165, 1.54) is 11.3 Å². The number of fused-ring (bicyclic) bond motifs is 1. The zero-order valence-corrected chi connectivity index (χ0v) is 9.34. The molecular formula is C11H11NO2S. The number of carbonyl (C=O) groups is 1. The van der Waals surface area contributed by atoms with Gasteiger partial charge in [0.05, 0.1) is 0 Å². The predicted octanol–water partition coefficient (Wildman–Crippen LogP) is 3.12. The van der Waals surface area contributed by atoms with E-state index in [4.69, 9.17) is 5.11 Å². The third-order valence-electron chi connectivity index (χ3n) is 2.30. The van der Waals surface area contributed by atoms with Crippen LogP contribution in [0.2, 0.25) is 0 Å². The van der Waals surface area contributed by atoms with Gasteiger partial charge < -0.3 is 5.11 Å². The van der Waals surface area contributed by atoms with E-state index in [0.29, 0.717) is 10.8 Å². The minimum Gasteiger partial charge on any atom is -0.477 e. The quantitative estimate of drug-likeness (QED) is 0.847. The minimum atomic E-state index is -0.882. The Morgan fingerprint density at radius 3 is 2.87 bits per heavy atom. The maximum atomic E-state index is 10.8. The van der Waals surface area contributed by atoms with Gasteiger partial charge in [-0.1, -0.05) is 13.8 Å². The van der Waals surface area contributed by atoms with E-state index in [1.807, 2.05) is 6.07 Å². The summed E-state index contributed by atoms with van der Waals surface area (Å²) in [6.07, 6.45) is 1.74. The number of pyridine rings is 1. The largest absolute Gasteiger partial charge is 0.477 e. The smallest absolute Gasteiger partial charge is 0.345 e. The summed E-state index contributed by atoms with van der Waals surface area (Å²) in [5.41, 5.74) is 1.16. The van der Waals surface area contributed by atoms with Crippen LogP contribution in [0.3, 0.4) is 0 Å². The highest BCUT2D eigenvalue weighted by Crippen LogP contribution is 2.30. The molecule has 0 atom stereocenters. The number of thiophene rings is 1. The molecule has 0 spiro atoms. The number of aromatic nitrogens is 1. The molecule has 0 aromatic carbocycles. The van der Waals surface area contributed by atoms with Gasteiger partial charge in [-0.3, -0.25) is 0 Å². The average Bonchev–Trinajstić information content (AvgIpc) is 2.60. The fraction of sp³-hybridized carbons (Fsp3) is 0.273. The fourth-order valence-corrected chi connectivity index (χ4v) is 2.44. The maximum Gasteiger partial charge on any atom is 0.345 e. The molecule has 0 radical (unpaired) electrons. The van der Waals surface area contributed by atoms with Crippen LogP contribution in [0.15, 0.2) is 18.3 Å². The molecule has 0 fully saturated rings. The summed E-state index contributed by atoms with van der Waals surface area (Å²) >= 11 is 1.23. The van der Waals surface area contributed by atoms with Crippen LogP contribution in [0.1, 0.15) is 35.0 Å². The molecule has 2 aromatic heterocycles. The van der Waals surface area contributed by atoms with Crippen molar-refractivity contribution in [2.45, 2.75) is 19.8 Å². The summed E-state index contributed by atoms with van der Waals surface area (Å²) in [4.78, 5) is 16.2. The molecule has 0 aliphatic rings. The molecule has 0 aliphatic carbocycles. The lowest BCUT2D eigenvalue weighted by molar-refractivity contribution is 0.0702. The van der Waals surface area contributed by atoms with Gasteiger partial charge in [-0.2, -0.15) is 0 Å². The van der Waals surface area contributed by atoms with Crippen molar-refractivity contribution in [2.75, 3.05) is 0 Å². The van der Waals surface area contributed by atoms with Gasteiger partial charge in [-0.05, 0) is 23.6 Å². The third kappa shape index (κ3) is 1.72. The lowest BCUT2D eigenvalue weighted by Crippen LogP contribution is -1.90. The highest BCUT2D eigenvalue weighted by atomic mass is 32.1. The molecule has 0 unspecified atom stereocenters. The van der Waals surface area contributed by atoms with E-state index in [2.05, 4.69) is 18.8 Å². The van der Waals surface area contributed by atoms with Gasteiger partial charge in [-0.25, -0.2) is 9.78 Å². The molecule has 0 aliphatic heterocycles. The molecule has 0 amide bonds. The monoisotopic (exact) mass is 221 g/mol. The Morgan fingerprint density at radius 1 is 1.53 bits per heavy atom. The second kappa shape index (κ2) is 3.62. The van der Waals surface area contributed by atoms with Gasteiger partial charge in [0.2, 0.25) is 0 Å². The molecule has 2 aromatic rings. The molecule has 15 heavy (non-hydrogen) atoms. The first-order chi connectivity index (χ1) is 7.09. The average molecular weight is 221 g/mol. The van der Waals surface area contributed by atoms with E-state index in [-0.39, 0.29) is 0 Å². The zero-order valence-electron chi connectivity index (χ0n) is 8.52. The molecule has 3 nitrogen and oxygen atoms in total. The maximum absolute atomic E-state index is 10.8. The number of nitrogens with zero attached hydrogens (tertiary/aromatic N) is 1. The summed E-state index contributed by atoms with van der Waals surface area (Å²) < 4.78 is 0. The highest BCUT2D eigenvalue weighted by molar-refractivity contribution is 7.20. The molecule has 0 saturated carbocycles. The Kier molecular flexibility index (Phi) is 2.44. The summed E-state index contributed by atoms with van der Waals surface area (Å²) in [6, 6.07) is 3.66. The third-order valence-corrected chi connectivity index (χ3v) is 3.33. The lowest BCUT2D eigenvalue weighted by Gasteiger charge is -2.05. The van der Waals surface area contributed by atoms with Crippen LogP contribution in [0.4, 0.5) is 0 Å². The van der Waals surface area contributed by atoms with Crippen LogP contribution in [0, 0.1) is 0 Å². The molecule has 0 saturated heterocycles. The van der Waals surface area contributed by atoms with Crippen molar-refractivity contribution in [1.29, 1.82) is 0 Å². The zero-order chi connectivity index (χ0) is 11.0. The van der Waals surface area contributed by atoms with Crippen LogP contribution in [0.25, 0.3) is 10.2 Å². The van der Waals surface area contributed by atoms with Crippen LogP contribution in [0.5, 0.6) is 0 Å². The Morgan fingerprint density at radius 2 is 2.27 bits per heavy atom. The lowest BCUT2D eigenvalue weighted by atomic mass is 10.0. The first-order valence-corrected chi connectivity index (χ1v) is 5.53. The Labute approximate surface area is 91.4 Å². The molecule has 2 heterocycles. The summed E-state index contributed by atoms with van der Waals surface area (Å²) in [5.74, 6) is -0.501. The van der Waals surface area contributed by atoms with Gasteiger partial charge in [0.1, 0.15) is 9.71 Å². The van der Waals surface area contributed by atoms with Crippen molar-refractivity contribution >= 4 is 27.5 Å².